The number of amides is 1. The molecular formula is C12H20N4O. The minimum Gasteiger partial charge on any atom is -0.349 e. The van der Waals surface area contributed by atoms with Crippen LogP contribution in [-0.2, 0) is 0 Å². The minimum atomic E-state index is -0.122. The molecule has 0 aliphatic rings. The number of aromatic nitrogens is 1. The van der Waals surface area contributed by atoms with E-state index < -0.39 is 0 Å². The molecule has 1 heterocycles. The van der Waals surface area contributed by atoms with Crippen molar-refractivity contribution >= 4 is 11.7 Å². The van der Waals surface area contributed by atoms with Gasteiger partial charge in [-0.3, -0.25) is 4.79 Å². The summed E-state index contributed by atoms with van der Waals surface area (Å²) in [5, 5.41) is 2.94. The molecule has 0 radical (unpaired) electrons. The summed E-state index contributed by atoms with van der Waals surface area (Å²) in [6, 6.07) is 3.44. The SMILES string of the molecule is CC(NC(=O)c1ccc(NN)nc1)C(C)(C)C. The molecule has 0 saturated heterocycles. The van der Waals surface area contributed by atoms with Gasteiger partial charge >= 0.3 is 0 Å². The van der Waals surface area contributed by atoms with Gasteiger partial charge in [0.2, 0.25) is 0 Å². The Morgan fingerprint density at radius 2 is 2.06 bits per heavy atom. The van der Waals surface area contributed by atoms with Crippen LogP contribution in [0.2, 0.25) is 0 Å². The lowest BCUT2D eigenvalue weighted by atomic mass is 9.88. The number of nitrogens with one attached hydrogen (secondary N) is 2. The van der Waals surface area contributed by atoms with E-state index in [-0.39, 0.29) is 17.4 Å². The quantitative estimate of drug-likeness (QED) is 0.549. The molecule has 0 aromatic carbocycles. The van der Waals surface area contributed by atoms with Gasteiger partial charge in [0.25, 0.3) is 5.91 Å². The van der Waals surface area contributed by atoms with E-state index in [1.165, 1.54) is 6.20 Å². The maximum Gasteiger partial charge on any atom is 0.253 e. The van der Waals surface area contributed by atoms with Crippen molar-refractivity contribution < 1.29 is 4.79 Å². The van der Waals surface area contributed by atoms with Gasteiger partial charge in [-0.05, 0) is 24.5 Å². The van der Waals surface area contributed by atoms with Crippen molar-refractivity contribution in [3.05, 3.63) is 23.9 Å². The van der Waals surface area contributed by atoms with Gasteiger partial charge in [-0.25, -0.2) is 10.8 Å². The number of hydrazine groups is 1. The zero-order valence-corrected chi connectivity index (χ0v) is 10.7. The Morgan fingerprint density at radius 1 is 1.41 bits per heavy atom. The van der Waals surface area contributed by atoms with Gasteiger partial charge in [0.15, 0.2) is 0 Å². The topological polar surface area (TPSA) is 80.0 Å². The molecule has 0 aliphatic carbocycles. The second-order valence-corrected chi connectivity index (χ2v) is 5.14. The molecule has 4 N–H and O–H groups in total. The molecule has 0 bridgehead atoms. The molecule has 17 heavy (non-hydrogen) atoms. The van der Waals surface area contributed by atoms with E-state index in [0.29, 0.717) is 11.4 Å². The predicted molar refractivity (Wildman–Crippen MR) is 68.4 cm³/mol. The molecule has 1 aromatic heterocycles. The third-order valence-electron chi connectivity index (χ3n) is 2.82. The second kappa shape index (κ2) is 5.14. The van der Waals surface area contributed by atoms with Crippen LogP contribution >= 0.6 is 0 Å². The van der Waals surface area contributed by atoms with Crippen molar-refractivity contribution in [1.29, 1.82) is 0 Å². The Hall–Kier alpha value is -1.62. The van der Waals surface area contributed by atoms with Gasteiger partial charge in [-0.1, -0.05) is 20.8 Å². The Kier molecular flexibility index (Phi) is 4.07. The number of pyridine rings is 1. The summed E-state index contributed by atoms with van der Waals surface area (Å²) in [5.74, 6) is 5.61. The Bertz CT molecular complexity index is 380. The lowest BCUT2D eigenvalue weighted by molar-refractivity contribution is 0.0910. The van der Waals surface area contributed by atoms with Gasteiger partial charge in [0.05, 0.1) is 5.56 Å². The van der Waals surface area contributed by atoms with Gasteiger partial charge in [0.1, 0.15) is 5.82 Å². The van der Waals surface area contributed by atoms with Gasteiger partial charge < -0.3 is 10.7 Å². The van der Waals surface area contributed by atoms with Crippen molar-refractivity contribution in [2.24, 2.45) is 11.3 Å². The van der Waals surface area contributed by atoms with Crippen LogP contribution in [0.1, 0.15) is 38.1 Å². The molecule has 1 unspecified atom stereocenters. The molecule has 0 fully saturated rings. The van der Waals surface area contributed by atoms with Crippen molar-refractivity contribution in [3.8, 4) is 0 Å². The average Bonchev–Trinajstić information content (AvgIpc) is 2.27. The first-order valence-corrected chi connectivity index (χ1v) is 5.58. The molecule has 94 valence electrons. The largest absolute Gasteiger partial charge is 0.349 e. The van der Waals surface area contributed by atoms with Crippen LogP contribution in [0.25, 0.3) is 0 Å². The van der Waals surface area contributed by atoms with E-state index in [1.54, 1.807) is 12.1 Å². The summed E-state index contributed by atoms with van der Waals surface area (Å²) in [6.07, 6.45) is 1.50. The fourth-order valence-corrected chi connectivity index (χ4v) is 1.11. The number of anilines is 1. The monoisotopic (exact) mass is 236 g/mol. The van der Waals surface area contributed by atoms with E-state index >= 15 is 0 Å². The normalized spacial score (nSPS) is 13.0. The number of hydrogen-bond donors (Lipinski definition) is 3. The van der Waals surface area contributed by atoms with E-state index in [1.807, 2.05) is 6.92 Å². The molecule has 5 heteroatoms. The molecule has 0 saturated carbocycles. The van der Waals surface area contributed by atoms with Crippen molar-refractivity contribution in [2.75, 3.05) is 5.43 Å². The highest BCUT2D eigenvalue weighted by Crippen LogP contribution is 2.18. The average molecular weight is 236 g/mol. The van der Waals surface area contributed by atoms with Crippen LogP contribution in [-0.4, -0.2) is 16.9 Å². The van der Waals surface area contributed by atoms with Crippen molar-refractivity contribution in [2.45, 2.75) is 33.7 Å². The first-order chi connectivity index (χ1) is 7.84. The highest BCUT2D eigenvalue weighted by Gasteiger charge is 2.22. The fourth-order valence-electron chi connectivity index (χ4n) is 1.11. The molecule has 5 nitrogen and oxygen atoms in total. The van der Waals surface area contributed by atoms with E-state index in [2.05, 4.69) is 36.5 Å². The summed E-state index contributed by atoms with van der Waals surface area (Å²) >= 11 is 0. The van der Waals surface area contributed by atoms with E-state index in [4.69, 9.17) is 5.84 Å². The summed E-state index contributed by atoms with van der Waals surface area (Å²) in [6.45, 7) is 8.23. The molecule has 1 amide bonds. The lowest BCUT2D eigenvalue weighted by Crippen LogP contribution is -2.41. The van der Waals surface area contributed by atoms with Crippen molar-refractivity contribution in [3.63, 3.8) is 0 Å². The van der Waals surface area contributed by atoms with E-state index in [0.717, 1.165) is 0 Å². The fraction of sp³-hybridized carbons (Fsp3) is 0.500. The number of hydrogen-bond acceptors (Lipinski definition) is 4. The lowest BCUT2D eigenvalue weighted by Gasteiger charge is -2.28. The number of carbonyl (C=O) groups excluding carboxylic acids is 1. The van der Waals surface area contributed by atoms with Crippen LogP contribution in [0.4, 0.5) is 5.82 Å². The van der Waals surface area contributed by atoms with E-state index in [9.17, 15) is 4.79 Å². The summed E-state index contributed by atoms with van der Waals surface area (Å²) in [7, 11) is 0. The smallest absolute Gasteiger partial charge is 0.253 e. The Balaban J connectivity index is 2.70. The maximum absolute atomic E-state index is 11.9. The Labute approximate surface area is 102 Å². The number of rotatable bonds is 3. The van der Waals surface area contributed by atoms with Gasteiger partial charge in [-0.2, -0.15) is 0 Å². The zero-order chi connectivity index (χ0) is 13.1. The highest BCUT2D eigenvalue weighted by atomic mass is 16.1. The van der Waals surface area contributed by atoms with Gasteiger partial charge in [-0.15, -0.1) is 0 Å². The Morgan fingerprint density at radius 3 is 2.47 bits per heavy atom. The molecular weight excluding hydrogens is 216 g/mol. The molecule has 1 aromatic rings. The predicted octanol–water partition coefficient (Wildman–Crippen LogP) is 1.53. The molecule has 0 spiro atoms. The van der Waals surface area contributed by atoms with Crippen LogP contribution in [0, 0.1) is 5.41 Å². The second-order valence-electron chi connectivity index (χ2n) is 5.14. The summed E-state index contributed by atoms with van der Waals surface area (Å²) in [4.78, 5) is 15.9. The minimum absolute atomic E-state index is 0.0296. The number of carbonyl (C=O) groups is 1. The zero-order valence-electron chi connectivity index (χ0n) is 10.7. The van der Waals surface area contributed by atoms with Crippen molar-refractivity contribution in [1.82, 2.24) is 10.3 Å². The van der Waals surface area contributed by atoms with Crippen LogP contribution in [0.15, 0.2) is 18.3 Å². The van der Waals surface area contributed by atoms with Crippen LogP contribution in [0.3, 0.4) is 0 Å². The number of nitrogens with zero attached hydrogens (tertiary/aromatic N) is 1. The van der Waals surface area contributed by atoms with Gasteiger partial charge in [0, 0.05) is 12.2 Å². The van der Waals surface area contributed by atoms with Crippen LogP contribution < -0.4 is 16.6 Å². The number of nitrogen functional groups attached to an aromatic ring is 1. The third kappa shape index (κ3) is 3.71. The first-order valence-electron chi connectivity index (χ1n) is 5.58. The van der Waals surface area contributed by atoms with Crippen LogP contribution in [0.5, 0.6) is 0 Å². The third-order valence-corrected chi connectivity index (χ3v) is 2.82. The summed E-state index contributed by atoms with van der Waals surface area (Å²) < 4.78 is 0. The molecule has 1 atom stereocenters. The summed E-state index contributed by atoms with van der Waals surface area (Å²) in [5.41, 5.74) is 2.97. The highest BCUT2D eigenvalue weighted by molar-refractivity contribution is 5.94. The molecule has 0 aliphatic heterocycles. The number of nitrogens with two attached hydrogens (primary N) is 1. The maximum atomic E-state index is 11.9. The standard InChI is InChI=1S/C12H20N4O/c1-8(12(2,3)4)15-11(17)9-5-6-10(16-13)14-7-9/h5-8H,13H2,1-4H3,(H,14,16)(H,15,17). The molecule has 1 rings (SSSR count). The first kappa shape index (κ1) is 13.4.